The lowest BCUT2D eigenvalue weighted by molar-refractivity contribution is -0.140. The molecule has 0 spiro atoms. The van der Waals surface area contributed by atoms with Crippen LogP contribution >= 0.6 is 0 Å². The predicted octanol–water partition coefficient (Wildman–Crippen LogP) is 2.92. The van der Waals surface area contributed by atoms with Crippen molar-refractivity contribution in [2.75, 3.05) is 11.9 Å². The van der Waals surface area contributed by atoms with Crippen LogP contribution in [0.3, 0.4) is 0 Å². The molecular formula is C33H38F2N6O7S. The molecule has 3 unspecified atom stereocenters. The topological polar surface area (TPSA) is 178 Å². The van der Waals surface area contributed by atoms with Gasteiger partial charge in [-0.05, 0) is 55.4 Å². The highest BCUT2D eigenvalue weighted by Gasteiger charge is 2.62. The monoisotopic (exact) mass is 700 g/mol. The number of aromatic nitrogens is 1. The lowest BCUT2D eigenvalue weighted by atomic mass is 9.90. The van der Waals surface area contributed by atoms with E-state index in [0.717, 1.165) is 11.0 Å². The van der Waals surface area contributed by atoms with E-state index < -0.39 is 86.4 Å². The number of carbonyl (C=O) groups is 4. The SMILES string of the molecule is C=CC1CC1(NC(=O)[C@@H]1C[C@@H](C2c3cccc(F)c3CN2C(=O)O)CN1C(=O)[C@@H](Nc1ccc(F)nc1)C(C)C)C(=O)NS(=O)(=O)C1CC1. The quantitative estimate of drug-likeness (QED) is 0.203. The maximum Gasteiger partial charge on any atom is 0.408 e. The van der Waals surface area contributed by atoms with Crippen molar-refractivity contribution in [2.24, 2.45) is 17.8 Å². The van der Waals surface area contributed by atoms with Crippen LogP contribution in [0.25, 0.3) is 0 Å². The standard InChI is InChI=1S/C33H38F2N6O7S/c1-4-19-13-33(19,31(44)39-49(47,48)21-9-10-21)38-29(42)25-12-18(28-22-6-5-7-24(34)23(22)16-41(28)32(45)46)15-40(25)30(43)27(17(2)3)37-20-8-11-26(35)36-14-20/h4-8,11,14,17-19,21,25,27-28,37H,1,9-10,12-13,15-16H2,2-3H3,(H,38,42)(H,39,44)(H,45,46)/t18-,19?,25+,27+,28?,33?/m1/s1. The van der Waals surface area contributed by atoms with E-state index in [1.807, 2.05) is 0 Å². The summed E-state index contributed by atoms with van der Waals surface area (Å²) in [5.41, 5.74) is -0.613. The molecule has 13 nitrogen and oxygen atoms in total. The van der Waals surface area contributed by atoms with Crippen LogP contribution in [0.5, 0.6) is 0 Å². The zero-order chi connectivity index (χ0) is 35.4. The lowest BCUT2D eigenvalue weighted by Crippen LogP contribution is -2.58. The van der Waals surface area contributed by atoms with Crippen LogP contribution in [-0.2, 0) is 31.0 Å². The van der Waals surface area contributed by atoms with Crippen LogP contribution in [-0.4, -0.2) is 81.5 Å². The van der Waals surface area contributed by atoms with Crippen LogP contribution in [0.1, 0.15) is 56.7 Å². The number of hydrogen-bond donors (Lipinski definition) is 4. The Morgan fingerprint density at radius 1 is 1.12 bits per heavy atom. The second-order valence-corrected chi connectivity index (χ2v) is 15.5. The number of nitrogens with one attached hydrogen (secondary N) is 3. The van der Waals surface area contributed by atoms with Gasteiger partial charge in [-0.15, -0.1) is 6.58 Å². The van der Waals surface area contributed by atoms with Gasteiger partial charge in [0.15, 0.2) is 0 Å². The number of nitrogens with zero attached hydrogens (tertiary/aromatic N) is 3. The molecule has 2 saturated carbocycles. The Morgan fingerprint density at radius 2 is 1.86 bits per heavy atom. The second kappa shape index (κ2) is 12.7. The third kappa shape index (κ3) is 6.45. The summed E-state index contributed by atoms with van der Waals surface area (Å²) >= 11 is 0. The van der Waals surface area contributed by atoms with Gasteiger partial charge in [-0.1, -0.05) is 32.1 Å². The number of fused-ring (bicyclic) bond motifs is 1. The minimum absolute atomic E-state index is 0.0400. The van der Waals surface area contributed by atoms with Crippen LogP contribution in [0.15, 0.2) is 49.2 Å². The number of sulfonamides is 1. The van der Waals surface area contributed by atoms with Crippen LogP contribution in [0.4, 0.5) is 19.3 Å². The number of carbonyl (C=O) groups excluding carboxylic acids is 3. The highest BCUT2D eigenvalue weighted by atomic mass is 32.2. The second-order valence-electron chi connectivity index (χ2n) is 13.6. The minimum atomic E-state index is -3.94. The van der Waals surface area contributed by atoms with Crippen molar-refractivity contribution < 1.29 is 41.5 Å². The number of likely N-dealkylation sites (tertiary alicyclic amines) is 1. The Morgan fingerprint density at radius 3 is 2.45 bits per heavy atom. The van der Waals surface area contributed by atoms with Crippen LogP contribution < -0.4 is 15.4 Å². The molecule has 1 saturated heterocycles. The summed E-state index contributed by atoms with van der Waals surface area (Å²) in [4.78, 5) is 60.5. The van der Waals surface area contributed by atoms with Gasteiger partial charge in [0.25, 0.3) is 5.91 Å². The minimum Gasteiger partial charge on any atom is -0.465 e. The van der Waals surface area contributed by atoms with Gasteiger partial charge in [-0.25, -0.2) is 22.6 Å². The highest BCUT2D eigenvalue weighted by Crippen LogP contribution is 2.47. The first-order valence-electron chi connectivity index (χ1n) is 16.1. The van der Waals surface area contributed by atoms with E-state index in [2.05, 4.69) is 26.9 Å². The smallest absolute Gasteiger partial charge is 0.408 e. The van der Waals surface area contributed by atoms with Gasteiger partial charge >= 0.3 is 6.09 Å². The molecule has 6 atom stereocenters. The predicted molar refractivity (Wildman–Crippen MR) is 172 cm³/mol. The number of halogens is 2. The van der Waals surface area contributed by atoms with E-state index in [9.17, 15) is 41.5 Å². The van der Waals surface area contributed by atoms with Crippen LogP contribution in [0.2, 0.25) is 0 Å². The van der Waals surface area contributed by atoms with Crippen molar-refractivity contribution in [1.82, 2.24) is 24.8 Å². The van der Waals surface area contributed by atoms with E-state index in [1.54, 1.807) is 19.9 Å². The molecule has 49 heavy (non-hydrogen) atoms. The Bertz CT molecular complexity index is 1800. The number of rotatable bonds is 11. The zero-order valence-corrected chi connectivity index (χ0v) is 27.8. The van der Waals surface area contributed by atoms with E-state index in [1.165, 1.54) is 35.4 Å². The van der Waals surface area contributed by atoms with Crippen molar-refractivity contribution in [3.8, 4) is 0 Å². The van der Waals surface area contributed by atoms with E-state index >= 15 is 0 Å². The lowest BCUT2D eigenvalue weighted by Gasteiger charge is -2.32. The number of benzene rings is 1. The van der Waals surface area contributed by atoms with E-state index in [4.69, 9.17) is 0 Å². The average molecular weight is 701 g/mol. The summed E-state index contributed by atoms with van der Waals surface area (Å²) in [6.45, 7) is 6.97. The first kappa shape index (κ1) is 34.3. The normalized spacial score (nSPS) is 26.6. The highest BCUT2D eigenvalue weighted by molar-refractivity contribution is 7.91. The van der Waals surface area contributed by atoms with Gasteiger partial charge in [0.1, 0.15) is 23.4 Å². The molecule has 4 amide bonds. The summed E-state index contributed by atoms with van der Waals surface area (Å²) in [5, 5.41) is 15.2. The first-order valence-corrected chi connectivity index (χ1v) is 17.7. The maximum atomic E-state index is 14.9. The number of amides is 4. The van der Waals surface area contributed by atoms with Crippen molar-refractivity contribution in [2.45, 2.75) is 75.0 Å². The summed E-state index contributed by atoms with van der Waals surface area (Å²) in [6, 6.07) is 3.86. The summed E-state index contributed by atoms with van der Waals surface area (Å²) < 4.78 is 55.8. The van der Waals surface area contributed by atoms with E-state index in [-0.39, 0.29) is 37.4 Å². The van der Waals surface area contributed by atoms with Gasteiger partial charge in [0, 0.05) is 23.9 Å². The fraction of sp³-hybridized carbons (Fsp3) is 0.485. The molecule has 3 fully saturated rings. The Kier molecular flexibility index (Phi) is 8.88. The van der Waals surface area contributed by atoms with Crippen molar-refractivity contribution >= 4 is 39.5 Å². The van der Waals surface area contributed by atoms with Gasteiger partial charge < -0.3 is 20.6 Å². The van der Waals surface area contributed by atoms with Gasteiger partial charge in [-0.2, -0.15) is 4.39 Å². The third-order valence-corrected chi connectivity index (χ3v) is 11.8. The Labute approximate surface area is 282 Å². The zero-order valence-electron chi connectivity index (χ0n) is 26.9. The molecule has 16 heteroatoms. The van der Waals surface area contributed by atoms with Gasteiger partial charge in [0.2, 0.25) is 27.8 Å². The van der Waals surface area contributed by atoms with E-state index in [0.29, 0.717) is 24.1 Å². The molecule has 0 radical (unpaired) electrons. The third-order valence-electron chi connectivity index (χ3n) is 9.98. The number of anilines is 1. The number of pyridine rings is 1. The molecule has 1 aromatic carbocycles. The molecule has 3 heterocycles. The molecular weight excluding hydrogens is 662 g/mol. The molecule has 262 valence electrons. The Balaban J connectivity index is 1.33. The van der Waals surface area contributed by atoms with Gasteiger partial charge in [-0.3, -0.25) is 24.0 Å². The molecule has 4 N–H and O–H groups in total. The van der Waals surface area contributed by atoms with Crippen molar-refractivity contribution in [3.63, 3.8) is 0 Å². The largest absolute Gasteiger partial charge is 0.465 e. The summed E-state index contributed by atoms with van der Waals surface area (Å²) in [6.07, 6.45) is 2.28. The fourth-order valence-electron chi connectivity index (χ4n) is 7.09. The molecule has 4 aliphatic rings. The molecule has 2 aliphatic carbocycles. The van der Waals surface area contributed by atoms with Crippen molar-refractivity contribution in [3.05, 3.63) is 72.1 Å². The fourth-order valence-corrected chi connectivity index (χ4v) is 8.46. The molecule has 2 aliphatic heterocycles. The number of carboxylic acid groups (broad SMARTS) is 1. The summed E-state index contributed by atoms with van der Waals surface area (Å²) in [7, 11) is -3.94. The van der Waals surface area contributed by atoms with Crippen molar-refractivity contribution in [1.29, 1.82) is 0 Å². The first-order chi connectivity index (χ1) is 23.2. The average Bonchev–Trinajstić information content (AvgIpc) is 3.94. The molecule has 2 aromatic rings. The molecule has 1 aromatic heterocycles. The number of hydrogen-bond acceptors (Lipinski definition) is 8. The van der Waals surface area contributed by atoms with Gasteiger partial charge in [0.05, 0.1) is 29.7 Å². The maximum absolute atomic E-state index is 14.9. The molecule has 0 bridgehead atoms. The Hall–Kier alpha value is -4.60. The van der Waals surface area contributed by atoms with Crippen LogP contribution in [0, 0.1) is 29.5 Å². The summed E-state index contributed by atoms with van der Waals surface area (Å²) in [5.74, 6) is -5.01. The molecule has 6 rings (SSSR count).